The van der Waals surface area contributed by atoms with Crippen molar-refractivity contribution >= 4 is 40.4 Å². The summed E-state index contributed by atoms with van der Waals surface area (Å²) >= 11 is 2.88. The lowest BCUT2D eigenvalue weighted by Gasteiger charge is -2.10. The van der Waals surface area contributed by atoms with Gasteiger partial charge in [0.2, 0.25) is 5.91 Å². The first kappa shape index (κ1) is 14.5. The summed E-state index contributed by atoms with van der Waals surface area (Å²) in [5.41, 5.74) is 0.834. The average molecular weight is 308 g/mol. The fraction of sp³-hybridized carbons (Fsp3) is 0.154. The molecule has 0 aliphatic heterocycles. The third-order valence-corrected chi connectivity index (χ3v) is 4.31. The van der Waals surface area contributed by atoms with Gasteiger partial charge in [-0.15, -0.1) is 11.8 Å². The van der Waals surface area contributed by atoms with Gasteiger partial charge in [-0.2, -0.15) is 11.3 Å². The highest BCUT2D eigenvalue weighted by atomic mass is 32.2. The van der Waals surface area contributed by atoms with E-state index in [1.165, 1.54) is 35.2 Å². The molecule has 2 rings (SSSR count). The highest BCUT2D eigenvalue weighted by Crippen LogP contribution is 2.26. The Bertz CT molecular complexity index is 597. The van der Waals surface area contributed by atoms with Crippen LogP contribution in [-0.4, -0.2) is 16.1 Å². The highest BCUT2D eigenvalue weighted by molar-refractivity contribution is 8.00. The molecule has 0 saturated carbocycles. The van der Waals surface area contributed by atoms with Crippen molar-refractivity contribution in [2.45, 2.75) is 17.1 Å². The minimum atomic E-state index is -0.443. The van der Waals surface area contributed by atoms with Crippen LogP contribution in [0, 0.1) is 10.1 Å². The molecule has 1 N–H and O–H groups in total. The molecule has 0 radical (unpaired) electrons. The maximum Gasteiger partial charge on any atom is 0.269 e. The van der Waals surface area contributed by atoms with Gasteiger partial charge in [0.15, 0.2) is 0 Å². The molecule has 104 valence electrons. The number of benzene rings is 1. The van der Waals surface area contributed by atoms with E-state index in [4.69, 9.17) is 0 Å². The monoisotopic (exact) mass is 308 g/mol. The number of rotatable bonds is 5. The Hall–Kier alpha value is -1.86. The minimum Gasteiger partial charge on any atom is -0.324 e. The van der Waals surface area contributed by atoms with Crippen molar-refractivity contribution in [3.05, 3.63) is 51.2 Å². The summed E-state index contributed by atoms with van der Waals surface area (Å²) in [5.74, 6) is -0.0910. The number of carbonyl (C=O) groups excluding carboxylic acids is 1. The number of thiophene rings is 1. The molecule has 0 spiro atoms. The molecule has 1 aromatic carbocycles. The molecular weight excluding hydrogens is 296 g/mol. The molecule has 1 heterocycles. The standard InChI is InChI=1S/C13H12N2O3S2/c1-9(13(16)14-10-6-7-19-8-10)20-12-4-2-11(3-5-12)15(17)18/h2-9H,1H3,(H,14,16). The van der Waals surface area contributed by atoms with E-state index in [1.807, 2.05) is 16.8 Å². The predicted molar refractivity (Wildman–Crippen MR) is 81.4 cm³/mol. The van der Waals surface area contributed by atoms with Crippen molar-refractivity contribution in [3.8, 4) is 0 Å². The van der Waals surface area contributed by atoms with Crippen LogP contribution in [-0.2, 0) is 4.79 Å². The molecule has 1 amide bonds. The maximum atomic E-state index is 12.0. The first-order valence-electron chi connectivity index (χ1n) is 5.80. The number of nitro benzene ring substituents is 1. The van der Waals surface area contributed by atoms with Gasteiger partial charge in [0.1, 0.15) is 0 Å². The largest absolute Gasteiger partial charge is 0.324 e. The Morgan fingerprint density at radius 3 is 2.60 bits per heavy atom. The van der Waals surface area contributed by atoms with Crippen LogP contribution in [0.15, 0.2) is 46.0 Å². The molecule has 0 aliphatic carbocycles. The second-order valence-electron chi connectivity index (χ2n) is 4.01. The van der Waals surface area contributed by atoms with E-state index in [0.717, 1.165) is 10.6 Å². The quantitative estimate of drug-likeness (QED) is 0.518. The number of amides is 1. The summed E-state index contributed by atoms with van der Waals surface area (Å²) < 4.78 is 0. The summed E-state index contributed by atoms with van der Waals surface area (Å²) in [6.07, 6.45) is 0. The topological polar surface area (TPSA) is 72.2 Å². The molecule has 0 bridgehead atoms. The molecule has 2 aromatic rings. The zero-order valence-corrected chi connectivity index (χ0v) is 12.2. The molecule has 5 nitrogen and oxygen atoms in total. The summed E-state index contributed by atoms with van der Waals surface area (Å²) in [4.78, 5) is 22.9. The number of anilines is 1. The molecule has 1 aromatic heterocycles. The summed E-state index contributed by atoms with van der Waals surface area (Å²) in [6.45, 7) is 1.80. The van der Waals surface area contributed by atoms with Crippen LogP contribution in [0.5, 0.6) is 0 Å². The van der Waals surface area contributed by atoms with Gasteiger partial charge in [0, 0.05) is 22.4 Å². The molecule has 7 heteroatoms. The molecule has 20 heavy (non-hydrogen) atoms. The van der Waals surface area contributed by atoms with Crippen LogP contribution in [0.4, 0.5) is 11.4 Å². The number of nitrogens with zero attached hydrogens (tertiary/aromatic N) is 1. The molecule has 0 saturated heterocycles. The normalized spacial score (nSPS) is 11.8. The number of non-ortho nitro benzene ring substituents is 1. The predicted octanol–water partition coefficient (Wildman–Crippen LogP) is 3.78. The number of carbonyl (C=O) groups is 1. The lowest BCUT2D eigenvalue weighted by atomic mass is 10.3. The second kappa shape index (κ2) is 6.53. The summed E-state index contributed by atoms with van der Waals surface area (Å²) in [5, 5.41) is 16.8. The average Bonchev–Trinajstić information content (AvgIpc) is 2.92. The Morgan fingerprint density at radius 2 is 2.05 bits per heavy atom. The van der Waals surface area contributed by atoms with Gasteiger partial charge in [0.25, 0.3) is 5.69 Å². The number of nitrogens with one attached hydrogen (secondary N) is 1. The fourth-order valence-corrected chi connectivity index (χ4v) is 2.94. The Kier molecular flexibility index (Phi) is 4.75. The van der Waals surface area contributed by atoms with Crippen molar-refractivity contribution in [1.29, 1.82) is 0 Å². The van der Waals surface area contributed by atoms with Gasteiger partial charge >= 0.3 is 0 Å². The zero-order chi connectivity index (χ0) is 14.5. The van der Waals surface area contributed by atoms with Gasteiger partial charge in [-0.1, -0.05) is 0 Å². The van der Waals surface area contributed by atoms with Gasteiger partial charge in [-0.25, -0.2) is 0 Å². The molecule has 1 atom stereocenters. The van der Waals surface area contributed by atoms with Gasteiger partial charge in [0.05, 0.1) is 15.9 Å². The summed E-state index contributed by atoms with van der Waals surface area (Å²) in [6, 6.07) is 8.01. The van der Waals surface area contributed by atoms with E-state index in [1.54, 1.807) is 19.1 Å². The van der Waals surface area contributed by atoms with Gasteiger partial charge in [-0.3, -0.25) is 14.9 Å². The van der Waals surface area contributed by atoms with Crippen LogP contribution >= 0.6 is 23.1 Å². The first-order valence-corrected chi connectivity index (χ1v) is 7.62. The van der Waals surface area contributed by atoms with Crippen molar-refractivity contribution in [1.82, 2.24) is 0 Å². The SMILES string of the molecule is CC(Sc1ccc([N+](=O)[O-])cc1)C(=O)Nc1ccsc1. The second-order valence-corrected chi connectivity index (χ2v) is 6.21. The van der Waals surface area contributed by atoms with Crippen molar-refractivity contribution in [3.63, 3.8) is 0 Å². The van der Waals surface area contributed by atoms with E-state index in [2.05, 4.69) is 5.32 Å². The molecule has 0 aliphatic rings. The Labute approximate surface area is 124 Å². The van der Waals surface area contributed by atoms with Crippen LogP contribution in [0.1, 0.15) is 6.92 Å². The van der Waals surface area contributed by atoms with E-state index >= 15 is 0 Å². The third kappa shape index (κ3) is 3.82. The van der Waals surface area contributed by atoms with Crippen LogP contribution in [0.25, 0.3) is 0 Å². The lowest BCUT2D eigenvalue weighted by Crippen LogP contribution is -2.21. The van der Waals surface area contributed by atoms with Gasteiger partial charge < -0.3 is 5.32 Å². The van der Waals surface area contributed by atoms with Crippen molar-refractivity contribution in [2.75, 3.05) is 5.32 Å². The molecule has 1 unspecified atom stereocenters. The lowest BCUT2D eigenvalue weighted by molar-refractivity contribution is -0.384. The van der Waals surface area contributed by atoms with E-state index in [-0.39, 0.29) is 16.8 Å². The highest BCUT2D eigenvalue weighted by Gasteiger charge is 2.15. The van der Waals surface area contributed by atoms with Crippen LogP contribution in [0.2, 0.25) is 0 Å². The number of nitro groups is 1. The Balaban J connectivity index is 1.95. The third-order valence-electron chi connectivity index (χ3n) is 2.52. The van der Waals surface area contributed by atoms with E-state index in [9.17, 15) is 14.9 Å². The number of thioether (sulfide) groups is 1. The minimum absolute atomic E-state index is 0.0460. The number of hydrogen-bond acceptors (Lipinski definition) is 5. The van der Waals surface area contributed by atoms with E-state index in [0.29, 0.717) is 0 Å². The van der Waals surface area contributed by atoms with Crippen molar-refractivity contribution < 1.29 is 9.72 Å². The first-order chi connectivity index (χ1) is 9.56. The molecule has 0 fully saturated rings. The van der Waals surface area contributed by atoms with Crippen molar-refractivity contribution in [2.24, 2.45) is 0 Å². The zero-order valence-electron chi connectivity index (χ0n) is 10.6. The fourth-order valence-electron chi connectivity index (χ4n) is 1.48. The van der Waals surface area contributed by atoms with E-state index < -0.39 is 4.92 Å². The van der Waals surface area contributed by atoms with Gasteiger partial charge in [-0.05, 0) is 30.5 Å². The van der Waals surface area contributed by atoms with Crippen LogP contribution in [0.3, 0.4) is 0 Å². The molecular formula is C13H12N2O3S2. The van der Waals surface area contributed by atoms with Crippen LogP contribution < -0.4 is 5.32 Å². The maximum absolute atomic E-state index is 12.0. The smallest absolute Gasteiger partial charge is 0.269 e. The Morgan fingerprint density at radius 1 is 1.35 bits per heavy atom. The summed E-state index contributed by atoms with van der Waals surface area (Å²) in [7, 11) is 0. The number of hydrogen-bond donors (Lipinski definition) is 1.